The molecule has 2 rings (SSSR count). The molecule has 1 unspecified atom stereocenters. The first kappa shape index (κ1) is 14.0. The quantitative estimate of drug-likeness (QED) is 0.892. The van der Waals surface area contributed by atoms with Gasteiger partial charge in [0.05, 0.1) is 4.90 Å². The first-order chi connectivity index (χ1) is 9.03. The number of hydrogen-bond acceptors (Lipinski definition) is 4. The molecule has 0 aliphatic carbocycles. The van der Waals surface area contributed by atoms with Crippen molar-refractivity contribution in [3.63, 3.8) is 0 Å². The number of rotatable bonds is 5. The molecule has 0 saturated heterocycles. The third-order valence-electron chi connectivity index (χ3n) is 2.86. The van der Waals surface area contributed by atoms with Gasteiger partial charge in [0.1, 0.15) is 0 Å². The van der Waals surface area contributed by atoms with Gasteiger partial charge >= 0.3 is 0 Å². The lowest BCUT2D eigenvalue weighted by Gasteiger charge is -2.14. The summed E-state index contributed by atoms with van der Waals surface area (Å²) in [6, 6.07) is 8.99. The Balaban J connectivity index is 2.11. The summed E-state index contributed by atoms with van der Waals surface area (Å²) in [6.45, 7) is 2.07. The predicted molar refractivity (Wildman–Crippen MR) is 79.0 cm³/mol. The second kappa shape index (κ2) is 5.73. The Bertz CT molecular complexity index is 619. The van der Waals surface area contributed by atoms with Crippen molar-refractivity contribution in [3.05, 3.63) is 46.7 Å². The Hall–Kier alpha value is -1.37. The SMILES string of the molecule is CNS(=O)(=O)c1ccc(NC(C)c2ccsc2)cc1. The van der Waals surface area contributed by atoms with E-state index >= 15 is 0 Å². The van der Waals surface area contributed by atoms with Gasteiger partial charge in [0.15, 0.2) is 0 Å². The van der Waals surface area contributed by atoms with Crippen LogP contribution in [0.1, 0.15) is 18.5 Å². The van der Waals surface area contributed by atoms with Gasteiger partial charge in [-0.25, -0.2) is 13.1 Å². The molecule has 102 valence electrons. The Kier molecular flexibility index (Phi) is 4.24. The molecule has 6 heteroatoms. The van der Waals surface area contributed by atoms with E-state index in [9.17, 15) is 8.42 Å². The highest BCUT2D eigenvalue weighted by molar-refractivity contribution is 7.89. The van der Waals surface area contributed by atoms with Gasteiger partial charge in [0.2, 0.25) is 10.0 Å². The van der Waals surface area contributed by atoms with Crippen molar-refractivity contribution < 1.29 is 8.42 Å². The molecule has 4 nitrogen and oxygen atoms in total. The predicted octanol–water partition coefficient (Wildman–Crippen LogP) is 2.83. The molecule has 0 spiro atoms. The molecule has 1 atom stereocenters. The zero-order valence-corrected chi connectivity index (χ0v) is 12.4. The van der Waals surface area contributed by atoms with E-state index in [0.29, 0.717) is 0 Å². The van der Waals surface area contributed by atoms with E-state index in [4.69, 9.17) is 0 Å². The fraction of sp³-hybridized carbons (Fsp3) is 0.231. The van der Waals surface area contributed by atoms with Gasteiger partial charge < -0.3 is 5.32 Å². The summed E-state index contributed by atoms with van der Waals surface area (Å²) in [6.07, 6.45) is 0. The van der Waals surface area contributed by atoms with Gasteiger partial charge in [-0.2, -0.15) is 11.3 Å². The Labute approximate surface area is 117 Å². The molecule has 2 N–H and O–H groups in total. The van der Waals surface area contributed by atoms with Gasteiger partial charge in [-0.1, -0.05) is 0 Å². The lowest BCUT2D eigenvalue weighted by Crippen LogP contribution is -2.18. The van der Waals surface area contributed by atoms with Crippen molar-refractivity contribution >= 4 is 27.0 Å². The molecule has 0 aliphatic heterocycles. The molecule has 0 radical (unpaired) electrons. The number of benzene rings is 1. The van der Waals surface area contributed by atoms with Crippen molar-refractivity contribution in [1.82, 2.24) is 4.72 Å². The standard InChI is InChI=1S/C13H16N2O2S2/c1-10(11-7-8-18-9-11)15-12-3-5-13(6-4-12)19(16,17)14-2/h3-10,14-15H,1-2H3. The van der Waals surface area contributed by atoms with Crippen LogP contribution >= 0.6 is 11.3 Å². The first-order valence-corrected chi connectivity index (χ1v) is 8.28. The van der Waals surface area contributed by atoms with E-state index in [2.05, 4.69) is 28.4 Å². The zero-order chi connectivity index (χ0) is 13.9. The lowest BCUT2D eigenvalue weighted by atomic mass is 10.2. The molecule has 1 aromatic heterocycles. The van der Waals surface area contributed by atoms with E-state index in [1.54, 1.807) is 35.6 Å². The highest BCUT2D eigenvalue weighted by atomic mass is 32.2. The van der Waals surface area contributed by atoms with Gasteiger partial charge in [0.25, 0.3) is 0 Å². The third kappa shape index (κ3) is 3.34. The Morgan fingerprint density at radius 3 is 2.37 bits per heavy atom. The minimum Gasteiger partial charge on any atom is -0.378 e. The van der Waals surface area contributed by atoms with E-state index in [1.807, 2.05) is 5.38 Å². The summed E-state index contributed by atoms with van der Waals surface area (Å²) in [5.41, 5.74) is 2.12. The van der Waals surface area contributed by atoms with Crippen LogP contribution in [0.15, 0.2) is 46.0 Å². The van der Waals surface area contributed by atoms with Crippen LogP contribution in [-0.4, -0.2) is 15.5 Å². The van der Waals surface area contributed by atoms with E-state index < -0.39 is 10.0 Å². The van der Waals surface area contributed by atoms with Crippen molar-refractivity contribution in [3.8, 4) is 0 Å². The monoisotopic (exact) mass is 296 g/mol. The van der Waals surface area contributed by atoms with Crippen LogP contribution in [0.5, 0.6) is 0 Å². The van der Waals surface area contributed by atoms with Crippen LogP contribution < -0.4 is 10.0 Å². The topological polar surface area (TPSA) is 58.2 Å². The summed E-state index contributed by atoms with van der Waals surface area (Å²) in [5, 5.41) is 7.46. The van der Waals surface area contributed by atoms with E-state index in [1.165, 1.54) is 12.6 Å². The molecule has 19 heavy (non-hydrogen) atoms. The van der Waals surface area contributed by atoms with Gasteiger partial charge in [-0.15, -0.1) is 0 Å². The molecule has 2 aromatic rings. The maximum Gasteiger partial charge on any atom is 0.240 e. The molecular formula is C13H16N2O2S2. The normalized spacial score (nSPS) is 13.2. The van der Waals surface area contributed by atoms with Crippen LogP contribution in [0.2, 0.25) is 0 Å². The maximum absolute atomic E-state index is 11.6. The summed E-state index contributed by atoms with van der Waals surface area (Å²) in [4.78, 5) is 0.267. The summed E-state index contributed by atoms with van der Waals surface area (Å²) < 4.78 is 25.5. The number of hydrogen-bond donors (Lipinski definition) is 2. The average molecular weight is 296 g/mol. The molecule has 1 aromatic carbocycles. The summed E-state index contributed by atoms with van der Waals surface area (Å²) in [7, 11) is -1.96. The van der Waals surface area contributed by atoms with Crippen molar-refractivity contribution in [2.75, 3.05) is 12.4 Å². The maximum atomic E-state index is 11.6. The van der Waals surface area contributed by atoms with Crippen LogP contribution in [-0.2, 0) is 10.0 Å². The Morgan fingerprint density at radius 2 is 1.84 bits per heavy atom. The molecule has 0 bridgehead atoms. The lowest BCUT2D eigenvalue weighted by molar-refractivity contribution is 0.588. The molecular weight excluding hydrogens is 280 g/mol. The van der Waals surface area contributed by atoms with Crippen molar-refractivity contribution in [2.24, 2.45) is 0 Å². The summed E-state index contributed by atoms with van der Waals surface area (Å²) in [5.74, 6) is 0. The third-order valence-corrected chi connectivity index (χ3v) is 4.99. The number of sulfonamides is 1. The van der Waals surface area contributed by atoms with Crippen LogP contribution in [0.3, 0.4) is 0 Å². The molecule has 1 heterocycles. The van der Waals surface area contributed by atoms with E-state index in [0.717, 1.165) is 5.69 Å². The highest BCUT2D eigenvalue weighted by Crippen LogP contribution is 2.22. The second-order valence-electron chi connectivity index (χ2n) is 4.15. The van der Waals surface area contributed by atoms with Crippen molar-refractivity contribution in [1.29, 1.82) is 0 Å². The van der Waals surface area contributed by atoms with Crippen LogP contribution in [0, 0.1) is 0 Å². The highest BCUT2D eigenvalue weighted by Gasteiger charge is 2.11. The van der Waals surface area contributed by atoms with Gasteiger partial charge in [-0.05, 0) is 60.6 Å². The molecule has 0 fully saturated rings. The first-order valence-electron chi connectivity index (χ1n) is 5.85. The summed E-state index contributed by atoms with van der Waals surface area (Å²) >= 11 is 1.66. The molecule has 0 saturated carbocycles. The van der Waals surface area contributed by atoms with E-state index in [-0.39, 0.29) is 10.9 Å². The number of anilines is 1. The minimum atomic E-state index is -3.36. The van der Waals surface area contributed by atoms with Crippen LogP contribution in [0.4, 0.5) is 5.69 Å². The fourth-order valence-corrected chi connectivity index (χ4v) is 3.19. The Morgan fingerprint density at radius 1 is 1.16 bits per heavy atom. The number of nitrogens with one attached hydrogen (secondary N) is 2. The largest absolute Gasteiger partial charge is 0.378 e. The minimum absolute atomic E-state index is 0.193. The van der Waals surface area contributed by atoms with Crippen molar-refractivity contribution in [2.45, 2.75) is 17.9 Å². The second-order valence-corrected chi connectivity index (χ2v) is 6.82. The smallest absolute Gasteiger partial charge is 0.240 e. The van der Waals surface area contributed by atoms with Crippen LogP contribution in [0.25, 0.3) is 0 Å². The molecule has 0 amide bonds. The number of thiophene rings is 1. The fourth-order valence-electron chi connectivity index (χ4n) is 1.70. The van der Waals surface area contributed by atoms with Gasteiger partial charge in [0, 0.05) is 11.7 Å². The zero-order valence-electron chi connectivity index (χ0n) is 10.8. The average Bonchev–Trinajstić information content (AvgIpc) is 2.93. The molecule has 0 aliphatic rings. The van der Waals surface area contributed by atoms with Gasteiger partial charge in [-0.3, -0.25) is 0 Å².